The Bertz CT molecular complexity index is 1740. The number of fused-ring (bicyclic) bond motifs is 2. The van der Waals surface area contributed by atoms with Crippen LogP contribution in [0.1, 0.15) is 32.8 Å². The smallest absolute Gasteiger partial charge is 0.282 e. The number of methoxy groups -OCH3 is 1. The number of aromatic nitrogens is 2. The second kappa shape index (κ2) is 11.5. The second-order valence-electron chi connectivity index (χ2n) is 8.90. The molecule has 0 saturated heterocycles. The molecule has 9 heteroatoms. The minimum absolute atomic E-state index is 0.0458. The van der Waals surface area contributed by atoms with Gasteiger partial charge in [0.05, 0.1) is 45.9 Å². The molecule has 200 valence electrons. The highest BCUT2D eigenvalue weighted by Crippen LogP contribution is 2.35. The molecule has 0 N–H and O–H groups in total. The highest BCUT2D eigenvalue weighted by molar-refractivity contribution is 14.1. The van der Waals surface area contributed by atoms with Crippen LogP contribution in [0.4, 0.5) is 0 Å². The molecule has 3 aromatic carbocycles. The van der Waals surface area contributed by atoms with Crippen molar-refractivity contribution in [3.63, 3.8) is 0 Å². The zero-order valence-corrected chi connectivity index (χ0v) is 24.3. The van der Waals surface area contributed by atoms with Crippen LogP contribution in [-0.2, 0) is 0 Å². The highest BCUT2D eigenvalue weighted by atomic mass is 127. The van der Waals surface area contributed by atoms with Crippen molar-refractivity contribution >= 4 is 50.7 Å². The van der Waals surface area contributed by atoms with Gasteiger partial charge in [-0.1, -0.05) is 25.1 Å². The normalized spacial score (nSPS) is 12.3. The molecule has 0 saturated carbocycles. The molecule has 0 aliphatic heterocycles. The fourth-order valence-corrected chi connectivity index (χ4v) is 4.91. The van der Waals surface area contributed by atoms with Crippen molar-refractivity contribution in [2.75, 3.05) is 13.7 Å². The first-order valence-corrected chi connectivity index (χ1v) is 13.8. The Kier molecular flexibility index (Phi) is 7.87. The van der Waals surface area contributed by atoms with Crippen molar-refractivity contribution < 1.29 is 18.6 Å². The van der Waals surface area contributed by atoms with Crippen LogP contribution in [0.3, 0.4) is 0 Å². The predicted molar refractivity (Wildman–Crippen MR) is 161 cm³/mol. The summed E-state index contributed by atoms with van der Waals surface area (Å²) in [6.45, 7) is 6.51. The number of nitrogens with zero attached hydrogens (tertiary/aromatic N) is 3. The summed E-state index contributed by atoms with van der Waals surface area (Å²) in [6, 6.07) is 18.3. The van der Waals surface area contributed by atoms with E-state index in [0.717, 1.165) is 20.9 Å². The fraction of sp³-hybridized carbons (Fsp3) is 0.233. The monoisotopic (exact) mass is 637 g/mol. The van der Waals surface area contributed by atoms with Crippen molar-refractivity contribution in [2.45, 2.75) is 33.3 Å². The molecule has 5 aromatic rings. The van der Waals surface area contributed by atoms with Gasteiger partial charge in [0.25, 0.3) is 5.56 Å². The molecule has 0 fully saturated rings. The van der Waals surface area contributed by atoms with Crippen LogP contribution in [-0.4, -0.2) is 35.7 Å². The number of furan rings is 1. The van der Waals surface area contributed by atoms with Crippen molar-refractivity contribution in [3.8, 4) is 28.8 Å². The molecular weight excluding hydrogens is 609 g/mol. The molecule has 0 aliphatic rings. The van der Waals surface area contributed by atoms with Crippen LogP contribution in [0.2, 0.25) is 0 Å². The van der Waals surface area contributed by atoms with Crippen LogP contribution in [0.15, 0.2) is 75.0 Å². The molecular formula is C30H28IN3O5. The summed E-state index contributed by atoms with van der Waals surface area (Å²) in [5.74, 6) is 2.67. The largest absolute Gasteiger partial charge is 0.496 e. The van der Waals surface area contributed by atoms with Gasteiger partial charge >= 0.3 is 0 Å². The van der Waals surface area contributed by atoms with E-state index in [2.05, 4.69) is 34.6 Å². The van der Waals surface area contributed by atoms with Gasteiger partial charge in [-0.3, -0.25) is 4.79 Å². The third-order valence-electron chi connectivity index (χ3n) is 6.26. The Morgan fingerprint density at radius 3 is 2.67 bits per heavy atom. The Morgan fingerprint density at radius 2 is 1.90 bits per heavy atom. The van der Waals surface area contributed by atoms with Gasteiger partial charge in [-0.25, -0.2) is 4.98 Å². The number of rotatable bonds is 9. The van der Waals surface area contributed by atoms with E-state index in [0.29, 0.717) is 46.1 Å². The van der Waals surface area contributed by atoms with Gasteiger partial charge in [-0.2, -0.15) is 9.78 Å². The Morgan fingerprint density at radius 1 is 1.08 bits per heavy atom. The molecule has 0 amide bonds. The summed E-state index contributed by atoms with van der Waals surface area (Å²) in [7, 11) is 1.60. The maximum absolute atomic E-state index is 13.6. The van der Waals surface area contributed by atoms with Crippen molar-refractivity contribution in [3.05, 3.63) is 80.2 Å². The van der Waals surface area contributed by atoms with Gasteiger partial charge in [0, 0.05) is 0 Å². The summed E-state index contributed by atoms with van der Waals surface area (Å²) in [5.41, 5.74) is 1.61. The zero-order valence-electron chi connectivity index (χ0n) is 22.1. The third kappa shape index (κ3) is 5.36. The lowest BCUT2D eigenvalue weighted by atomic mass is 10.2. The topological polar surface area (TPSA) is 88.1 Å². The quantitative estimate of drug-likeness (QED) is 0.129. The summed E-state index contributed by atoms with van der Waals surface area (Å²) in [6.07, 6.45) is 2.53. The SMILES string of the molecule is CCOc1cc(C=Nn2c(-c3cc4c(OC)cccc4o3)nc3ccccc3c2=O)cc(I)c1O[C@@H](C)CC. The second-order valence-corrected chi connectivity index (χ2v) is 10.1. The number of para-hydroxylation sites is 1. The van der Waals surface area contributed by atoms with Gasteiger partial charge in [0.2, 0.25) is 5.82 Å². The summed E-state index contributed by atoms with van der Waals surface area (Å²) in [5, 5.41) is 5.82. The van der Waals surface area contributed by atoms with Crippen molar-refractivity contribution in [1.82, 2.24) is 9.66 Å². The van der Waals surface area contributed by atoms with Crippen LogP contribution in [0, 0.1) is 3.57 Å². The van der Waals surface area contributed by atoms with E-state index in [-0.39, 0.29) is 17.5 Å². The van der Waals surface area contributed by atoms with E-state index in [1.165, 1.54) is 4.68 Å². The van der Waals surface area contributed by atoms with Gasteiger partial charge in [0.15, 0.2) is 17.3 Å². The molecule has 8 nitrogen and oxygen atoms in total. The summed E-state index contributed by atoms with van der Waals surface area (Å²) < 4.78 is 25.8. The zero-order chi connectivity index (χ0) is 27.5. The van der Waals surface area contributed by atoms with E-state index in [1.54, 1.807) is 31.5 Å². The maximum Gasteiger partial charge on any atom is 0.282 e. The third-order valence-corrected chi connectivity index (χ3v) is 7.06. The molecule has 2 heterocycles. The molecule has 0 aliphatic carbocycles. The van der Waals surface area contributed by atoms with Crippen LogP contribution >= 0.6 is 22.6 Å². The molecule has 39 heavy (non-hydrogen) atoms. The molecule has 0 bridgehead atoms. The first-order valence-electron chi connectivity index (χ1n) is 12.7. The average molecular weight is 637 g/mol. The van der Waals surface area contributed by atoms with E-state index >= 15 is 0 Å². The molecule has 0 spiro atoms. The number of benzene rings is 3. The Labute approximate surface area is 239 Å². The van der Waals surface area contributed by atoms with Gasteiger partial charge in [0.1, 0.15) is 11.3 Å². The molecule has 0 radical (unpaired) electrons. The Hall–Kier alpha value is -3.86. The molecule has 1 atom stereocenters. The average Bonchev–Trinajstić information content (AvgIpc) is 3.39. The van der Waals surface area contributed by atoms with E-state index in [1.807, 2.05) is 56.3 Å². The first kappa shape index (κ1) is 26.7. The fourth-order valence-electron chi connectivity index (χ4n) is 4.16. The van der Waals surface area contributed by atoms with Crippen molar-refractivity contribution in [2.24, 2.45) is 5.10 Å². The summed E-state index contributed by atoms with van der Waals surface area (Å²) >= 11 is 2.23. The minimum Gasteiger partial charge on any atom is -0.496 e. The van der Waals surface area contributed by atoms with Crippen LogP contribution in [0.5, 0.6) is 17.2 Å². The highest BCUT2D eigenvalue weighted by Gasteiger charge is 2.18. The molecule has 2 aromatic heterocycles. The van der Waals surface area contributed by atoms with Crippen molar-refractivity contribution in [1.29, 1.82) is 0 Å². The van der Waals surface area contributed by atoms with E-state index in [9.17, 15) is 4.79 Å². The minimum atomic E-state index is -0.310. The lowest BCUT2D eigenvalue weighted by Gasteiger charge is -2.18. The molecule has 0 unspecified atom stereocenters. The maximum atomic E-state index is 13.6. The lowest BCUT2D eigenvalue weighted by Crippen LogP contribution is -2.20. The van der Waals surface area contributed by atoms with Gasteiger partial charge in [-0.05, 0) is 90.9 Å². The van der Waals surface area contributed by atoms with Gasteiger partial charge in [-0.15, -0.1) is 0 Å². The summed E-state index contributed by atoms with van der Waals surface area (Å²) in [4.78, 5) is 18.4. The number of ether oxygens (including phenoxy) is 3. The Balaban J connectivity index is 1.65. The first-order chi connectivity index (χ1) is 18.9. The lowest BCUT2D eigenvalue weighted by molar-refractivity contribution is 0.201. The molecule has 5 rings (SSSR count). The number of hydrogen-bond donors (Lipinski definition) is 0. The number of hydrogen-bond acceptors (Lipinski definition) is 7. The predicted octanol–water partition coefficient (Wildman–Crippen LogP) is 6.88. The van der Waals surface area contributed by atoms with Gasteiger partial charge < -0.3 is 18.6 Å². The van der Waals surface area contributed by atoms with E-state index in [4.69, 9.17) is 23.6 Å². The van der Waals surface area contributed by atoms with Crippen LogP contribution in [0.25, 0.3) is 33.5 Å². The number of halogens is 1. The van der Waals surface area contributed by atoms with E-state index < -0.39 is 0 Å². The van der Waals surface area contributed by atoms with Crippen LogP contribution < -0.4 is 19.8 Å². The standard InChI is InChI=1S/C30H28IN3O5/c1-5-18(3)38-28-22(31)14-19(15-26(28)37-6-2)17-32-34-29(33-23-11-8-7-10-20(23)30(34)35)27-16-21-24(36-4)12-9-13-25(21)39-27/h7-18H,5-6H2,1-4H3/t18-/m0/s1.